The number of para-hydroxylation sites is 1. The van der Waals surface area contributed by atoms with E-state index in [0.717, 1.165) is 17.1 Å². The van der Waals surface area contributed by atoms with Crippen LogP contribution in [0.15, 0.2) is 77.4 Å². The predicted molar refractivity (Wildman–Crippen MR) is 107 cm³/mol. The van der Waals surface area contributed by atoms with Gasteiger partial charge in [0.25, 0.3) is 0 Å². The van der Waals surface area contributed by atoms with Gasteiger partial charge < -0.3 is 20.0 Å². The van der Waals surface area contributed by atoms with E-state index in [9.17, 15) is 9.59 Å². The number of carbonyl (C=O) groups is 2. The molecule has 2 heterocycles. The van der Waals surface area contributed by atoms with Crippen molar-refractivity contribution in [2.24, 2.45) is 5.92 Å². The maximum atomic E-state index is 12.6. The van der Waals surface area contributed by atoms with Gasteiger partial charge in [0.1, 0.15) is 5.76 Å². The van der Waals surface area contributed by atoms with Gasteiger partial charge in [0.15, 0.2) is 0 Å². The van der Waals surface area contributed by atoms with Crippen molar-refractivity contribution in [3.8, 4) is 0 Å². The van der Waals surface area contributed by atoms with Crippen LogP contribution in [0.2, 0.25) is 0 Å². The summed E-state index contributed by atoms with van der Waals surface area (Å²) >= 11 is 0. The van der Waals surface area contributed by atoms with Crippen LogP contribution >= 0.6 is 0 Å². The molecule has 0 spiro atoms. The summed E-state index contributed by atoms with van der Waals surface area (Å²) in [6, 6.07) is 21.0. The van der Waals surface area contributed by atoms with Crippen molar-refractivity contribution in [2.45, 2.75) is 13.0 Å². The average Bonchev–Trinajstić information content (AvgIpc) is 3.35. The molecule has 0 aliphatic carbocycles. The predicted octanol–water partition coefficient (Wildman–Crippen LogP) is 4.01. The molecular weight excluding hydrogens is 354 g/mol. The summed E-state index contributed by atoms with van der Waals surface area (Å²) in [7, 11) is 0. The fourth-order valence-electron chi connectivity index (χ4n) is 3.26. The summed E-state index contributed by atoms with van der Waals surface area (Å²) < 4.78 is 5.29. The lowest BCUT2D eigenvalue weighted by Crippen LogP contribution is -2.27. The van der Waals surface area contributed by atoms with Crippen molar-refractivity contribution < 1.29 is 14.0 Å². The van der Waals surface area contributed by atoms with E-state index in [0.29, 0.717) is 18.8 Å². The van der Waals surface area contributed by atoms with Gasteiger partial charge in [-0.25, -0.2) is 0 Å². The van der Waals surface area contributed by atoms with Crippen molar-refractivity contribution in [1.29, 1.82) is 0 Å². The molecule has 1 aliphatic heterocycles. The van der Waals surface area contributed by atoms with Gasteiger partial charge in [-0.15, -0.1) is 0 Å². The van der Waals surface area contributed by atoms with Crippen LogP contribution in [0.1, 0.15) is 12.2 Å². The van der Waals surface area contributed by atoms with Gasteiger partial charge in [-0.05, 0) is 48.5 Å². The molecule has 1 aliphatic rings. The molecule has 1 atom stereocenters. The van der Waals surface area contributed by atoms with Gasteiger partial charge in [0.2, 0.25) is 11.8 Å². The summed E-state index contributed by atoms with van der Waals surface area (Å²) in [5.74, 6) is 0.193. The number of rotatable bonds is 6. The van der Waals surface area contributed by atoms with Crippen LogP contribution in [-0.2, 0) is 16.1 Å². The highest BCUT2D eigenvalue weighted by atomic mass is 16.3. The smallest absolute Gasteiger partial charge is 0.229 e. The second-order valence-corrected chi connectivity index (χ2v) is 6.81. The van der Waals surface area contributed by atoms with E-state index in [-0.39, 0.29) is 24.2 Å². The first kappa shape index (κ1) is 17.9. The Labute approximate surface area is 163 Å². The van der Waals surface area contributed by atoms with E-state index in [1.165, 1.54) is 0 Å². The molecule has 0 saturated carbocycles. The maximum Gasteiger partial charge on any atom is 0.229 e. The standard InChI is InChI=1S/C22H21N3O3/c26-21-13-16(14-25(21)15-20-7-4-12-28-20)22(27)24-19-10-8-18(9-11-19)23-17-5-2-1-3-6-17/h1-12,16,23H,13-15H2,(H,24,27)/t16-/m0/s1. The second-order valence-electron chi connectivity index (χ2n) is 6.81. The van der Waals surface area contributed by atoms with Gasteiger partial charge in [0, 0.05) is 30.0 Å². The molecule has 142 valence electrons. The number of nitrogens with zero attached hydrogens (tertiary/aromatic N) is 1. The third-order valence-corrected chi connectivity index (χ3v) is 4.73. The molecule has 1 saturated heterocycles. The van der Waals surface area contributed by atoms with Crippen LogP contribution in [0.25, 0.3) is 0 Å². The number of carbonyl (C=O) groups excluding carboxylic acids is 2. The quantitative estimate of drug-likeness (QED) is 0.683. The zero-order valence-corrected chi connectivity index (χ0v) is 15.3. The van der Waals surface area contributed by atoms with Crippen LogP contribution in [0.4, 0.5) is 17.1 Å². The normalized spacial score (nSPS) is 16.2. The van der Waals surface area contributed by atoms with E-state index < -0.39 is 0 Å². The van der Waals surface area contributed by atoms with Crippen LogP contribution in [0, 0.1) is 5.92 Å². The minimum atomic E-state index is -0.357. The summed E-state index contributed by atoms with van der Waals surface area (Å²) in [6.45, 7) is 0.800. The summed E-state index contributed by atoms with van der Waals surface area (Å²) in [5, 5.41) is 6.21. The van der Waals surface area contributed by atoms with Crippen LogP contribution in [0.5, 0.6) is 0 Å². The van der Waals surface area contributed by atoms with E-state index in [1.807, 2.05) is 60.7 Å². The van der Waals surface area contributed by atoms with E-state index >= 15 is 0 Å². The van der Waals surface area contributed by atoms with Crippen LogP contribution in [-0.4, -0.2) is 23.3 Å². The molecular formula is C22H21N3O3. The fourth-order valence-corrected chi connectivity index (χ4v) is 3.26. The number of amides is 2. The molecule has 2 N–H and O–H groups in total. The molecule has 6 nitrogen and oxygen atoms in total. The number of likely N-dealkylation sites (tertiary alicyclic amines) is 1. The Hall–Kier alpha value is -3.54. The molecule has 2 aromatic carbocycles. The molecule has 28 heavy (non-hydrogen) atoms. The number of anilines is 3. The molecule has 0 bridgehead atoms. The first-order chi connectivity index (χ1) is 13.7. The Morgan fingerprint density at radius 2 is 1.68 bits per heavy atom. The Kier molecular flexibility index (Phi) is 5.10. The van der Waals surface area contributed by atoms with Gasteiger partial charge in [-0.3, -0.25) is 9.59 Å². The Bertz CT molecular complexity index is 937. The minimum Gasteiger partial charge on any atom is -0.467 e. The second kappa shape index (κ2) is 8.00. The molecule has 6 heteroatoms. The maximum absolute atomic E-state index is 12.6. The first-order valence-corrected chi connectivity index (χ1v) is 9.20. The molecule has 0 radical (unpaired) electrons. The lowest BCUT2D eigenvalue weighted by atomic mass is 10.1. The summed E-state index contributed by atoms with van der Waals surface area (Å²) in [6.07, 6.45) is 1.80. The Balaban J connectivity index is 1.33. The highest BCUT2D eigenvalue weighted by molar-refractivity contribution is 5.97. The van der Waals surface area contributed by atoms with Gasteiger partial charge in [-0.1, -0.05) is 18.2 Å². The summed E-state index contributed by atoms with van der Waals surface area (Å²) in [5.41, 5.74) is 2.64. The van der Waals surface area contributed by atoms with Crippen molar-refractivity contribution in [3.63, 3.8) is 0 Å². The fraction of sp³-hybridized carbons (Fsp3) is 0.182. The van der Waals surface area contributed by atoms with Gasteiger partial charge in [0.05, 0.1) is 18.7 Å². The third kappa shape index (κ3) is 4.23. The lowest BCUT2D eigenvalue weighted by Gasteiger charge is -2.15. The molecule has 4 rings (SSSR count). The van der Waals surface area contributed by atoms with Crippen LogP contribution < -0.4 is 10.6 Å². The molecule has 2 amide bonds. The zero-order chi connectivity index (χ0) is 19.3. The lowest BCUT2D eigenvalue weighted by molar-refractivity contribution is -0.128. The third-order valence-electron chi connectivity index (χ3n) is 4.73. The number of nitrogens with one attached hydrogen (secondary N) is 2. The van der Waals surface area contributed by atoms with E-state index in [2.05, 4.69) is 10.6 Å². The molecule has 1 fully saturated rings. The van der Waals surface area contributed by atoms with Gasteiger partial charge in [-0.2, -0.15) is 0 Å². The average molecular weight is 375 g/mol. The van der Waals surface area contributed by atoms with Crippen molar-refractivity contribution in [3.05, 3.63) is 78.8 Å². The number of furan rings is 1. The van der Waals surface area contributed by atoms with E-state index in [4.69, 9.17) is 4.42 Å². The molecule has 3 aromatic rings. The van der Waals surface area contributed by atoms with E-state index in [1.54, 1.807) is 17.2 Å². The zero-order valence-electron chi connectivity index (χ0n) is 15.3. The number of benzene rings is 2. The monoisotopic (exact) mass is 375 g/mol. The topological polar surface area (TPSA) is 74.6 Å². The molecule has 0 unspecified atom stereocenters. The number of hydrogen-bond acceptors (Lipinski definition) is 4. The summed E-state index contributed by atoms with van der Waals surface area (Å²) in [4.78, 5) is 26.4. The van der Waals surface area contributed by atoms with Crippen molar-refractivity contribution in [2.75, 3.05) is 17.2 Å². The minimum absolute atomic E-state index is 0.0287. The van der Waals surface area contributed by atoms with Gasteiger partial charge >= 0.3 is 0 Å². The first-order valence-electron chi connectivity index (χ1n) is 9.20. The Morgan fingerprint density at radius 1 is 0.964 bits per heavy atom. The van der Waals surface area contributed by atoms with Crippen LogP contribution in [0.3, 0.4) is 0 Å². The largest absolute Gasteiger partial charge is 0.467 e. The van der Waals surface area contributed by atoms with Crippen molar-refractivity contribution >= 4 is 28.9 Å². The highest BCUT2D eigenvalue weighted by Gasteiger charge is 2.34. The Morgan fingerprint density at radius 3 is 2.39 bits per heavy atom. The molecule has 1 aromatic heterocycles. The number of hydrogen-bond donors (Lipinski definition) is 2. The highest BCUT2D eigenvalue weighted by Crippen LogP contribution is 2.23. The SMILES string of the molecule is O=C(Nc1ccc(Nc2ccccc2)cc1)[C@H]1CC(=O)N(Cc2ccco2)C1. The van der Waals surface area contributed by atoms with Crippen molar-refractivity contribution in [1.82, 2.24) is 4.90 Å².